The molecule has 0 saturated carbocycles. The molecule has 0 amide bonds. The van der Waals surface area contributed by atoms with E-state index < -0.39 is 10.0 Å². The Kier molecular flexibility index (Phi) is 4.02. The fourth-order valence-electron chi connectivity index (χ4n) is 1.73. The number of thiophene rings is 1. The molecule has 0 aliphatic carbocycles. The first-order valence-electron chi connectivity index (χ1n) is 6.13. The van der Waals surface area contributed by atoms with Crippen molar-refractivity contribution in [2.24, 2.45) is 0 Å². The standard InChI is InChI=1S/C13H10BrN3O3S2/c1-8-15-16-13(20-8)11-5-6-12(21-11)22(18,19)17-10-4-2-3-9(14)7-10/h2-7,17H,1H3. The van der Waals surface area contributed by atoms with E-state index in [1.54, 1.807) is 31.2 Å². The molecule has 0 spiro atoms. The van der Waals surface area contributed by atoms with Gasteiger partial charge in [0.1, 0.15) is 4.21 Å². The normalized spacial score (nSPS) is 11.5. The molecule has 2 heterocycles. The predicted molar refractivity (Wildman–Crippen MR) is 87.3 cm³/mol. The fraction of sp³-hybridized carbons (Fsp3) is 0.0769. The minimum Gasteiger partial charge on any atom is -0.420 e. The smallest absolute Gasteiger partial charge is 0.271 e. The van der Waals surface area contributed by atoms with Crippen LogP contribution >= 0.6 is 27.3 Å². The Morgan fingerprint density at radius 3 is 2.73 bits per heavy atom. The summed E-state index contributed by atoms with van der Waals surface area (Å²) in [5.74, 6) is 0.742. The summed E-state index contributed by atoms with van der Waals surface area (Å²) in [6, 6.07) is 10.1. The van der Waals surface area contributed by atoms with Gasteiger partial charge in [0, 0.05) is 17.1 Å². The fourth-order valence-corrected chi connectivity index (χ4v) is 4.41. The van der Waals surface area contributed by atoms with E-state index in [0.717, 1.165) is 15.8 Å². The minimum atomic E-state index is -3.65. The average molecular weight is 400 g/mol. The van der Waals surface area contributed by atoms with E-state index in [-0.39, 0.29) is 4.21 Å². The van der Waals surface area contributed by atoms with Crippen molar-refractivity contribution < 1.29 is 12.8 Å². The molecule has 0 radical (unpaired) electrons. The SMILES string of the molecule is Cc1nnc(-c2ccc(S(=O)(=O)Nc3cccc(Br)c3)s2)o1. The summed E-state index contributed by atoms with van der Waals surface area (Å²) >= 11 is 4.37. The molecule has 3 aromatic rings. The van der Waals surface area contributed by atoms with Gasteiger partial charge in [0.25, 0.3) is 15.9 Å². The highest BCUT2D eigenvalue weighted by atomic mass is 79.9. The number of benzene rings is 1. The predicted octanol–water partition coefficient (Wildman–Crippen LogP) is 3.67. The van der Waals surface area contributed by atoms with E-state index in [9.17, 15) is 8.42 Å². The molecule has 2 aromatic heterocycles. The van der Waals surface area contributed by atoms with Crippen molar-refractivity contribution in [1.82, 2.24) is 10.2 Å². The van der Waals surface area contributed by atoms with Gasteiger partial charge < -0.3 is 4.42 Å². The van der Waals surface area contributed by atoms with Gasteiger partial charge in [-0.15, -0.1) is 21.5 Å². The van der Waals surface area contributed by atoms with Crippen LogP contribution in [-0.4, -0.2) is 18.6 Å². The Hall–Kier alpha value is -1.71. The number of aryl methyl sites for hydroxylation is 1. The number of sulfonamides is 1. The van der Waals surface area contributed by atoms with Crippen molar-refractivity contribution in [3.8, 4) is 10.8 Å². The number of nitrogens with zero attached hydrogens (tertiary/aromatic N) is 2. The largest absolute Gasteiger partial charge is 0.420 e. The van der Waals surface area contributed by atoms with Crippen LogP contribution in [0.5, 0.6) is 0 Å². The quantitative estimate of drug-likeness (QED) is 0.722. The molecule has 0 bridgehead atoms. The van der Waals surface area contributed by atoms with Crippen molar-refractivity contribution in [3.05, 3.63) is 46.8 Å². The third-order valence-corrected chi connectivity index (χ3v) is 6.10. The minimum absolute atomic E-state index is 0.179. The van der Waals surface area contributed by atoms with Gasteiger partial charge in [-0.1, -0.05) is 22.0 Å². The van der Waals surface area contributed by atoms with Crippen molar-refractivity contribution in [2.75, 3.05) is 4.72 Å². The Balaban J connectivity index is 1.88. The average Bonchev–Trinajstić information content (AvgIpc) is 3.06. The van der Waals surface area contributed by atoms with Gasteiger partial charge in [0.15, 0.2) is 0 Å². The molecule has 3 rings (SSSR count). The summed E-state index contributed by atoms with van der Waals surface area (Å²) in [4.78, 5) is 0.607. The third-order valence-electron chi connectivity index (χ3n) is 2.66. The summed E-state index contributed by atoms with van der Waals surface area (Å²) in [5.41, 5.74) is 0.484. The molecule has 6 nitrogen and oxygen atoms in total. The van der Waals surface area contributed by atoms with Crippen LogP contribution in [0.25, 0.3) is 10.8 Å². The van der Waals surface area contributed by atoms with Gasteiger partial charge in [-0.25, -0.2) is 8.42 Å². The van der Waals surface area contributed by atoms with E-state index in [2.05, 4.69) is 30.8 Å². The van der Waals surface area contributed by atoms with Gasteiger partial charge >= 0.3 is 0 Å². The Morgan fingerprint density at radius 2 is 2.05 bits per heavy atom. The van der Waals surface area contributed by atoms with E-state index in [1.165, 1.54) is 6.07 Å². The molecule has 0 atom stereocenters. The summed E-state index contributed by atoms with van der Waals surface area (Å²) in [7, 11) is -3.65. The van der Waals surface area contributed by atoms with Gasteiger partial charge in [0.2, 0.25) is 5.89 Å². The van der Waals surface area contributed by atoms with Crippen molar-refractivity contribution >= 4 is 43.0 Å². The van der Waals surface area contributed by atoms with Crippen LogP contribution in [0.1, 0.15) is 5.89 Å². The second-order valence-corrected chi connectivity index (χ2v) is 8.27. The maximum Gasteiger partial charge on any atom is 0.271 e. The molecule has 0 saturated heterocycles. The first-order valence-corrected chi connectivity index (χ1v) is 9.22. The molecule has 0 fully saturated rings. The first-order chi connectivity index (χ1) is 10.4. The summed E-state index contributed by atoms with van der Waals surface area (Å²) in [6.45, 7) is 1.68. The highest BCUT2D eigenvalue weighted by molar-refractivity contribution is 9.10. The highest BCUT2D eigenvalue weighted by Gasteiger charge is 2.19. The van der Waals surface area contributed by atoms with Crippen LogP contribution in [0.2, 0.25) is 0 Å². The molecular formula is C13H10BrN3O3S2. The maximum absolute atomic E-state index is 12.4. The first kappa shape index (κ1) is 15.2. The topological polar surface area (TPSA) is 85.1 Å². The number of hydrogen-bond donors (Lipinski definition) is 1. The van der Waals surface area contributed by atoms with Gasteiger partial charge in [0.05, 0.1) is 4.88 Å². The van der Waals surface area contributed by atoms with Crippen LogP contribution in [0.15, 0.2) is 49.5 Å². The van der Waals surface area contributed by atoms with Gasteiger partial charge in [-0.3, -0.25) is 4.72 Å². The number of hydrogen-bond acceptors (Lipinski definition) is 6. The Labute approximate surface area is 139 Å². The van der Waals surface area contributed by atoms with Gasteiger partial charge in [-0.2, -0.15) is 0 Å². The summed E-state index contributed by atoms with van der Waals surface area (Å²) in [5, 5.41) is 7.61. The molecule has 0 unspecified atom stereocenters. The highest BCUT2D eigenvalue weighted by Crippen LogP contribution is 2.31. The lowest BCUT2D eigenvalue weighted by atomic mass is 10.3. The van der Waals surface area contributed by atoms with Crippen molar-refractivity contribution in [3.63, 3.8) is 0 Å². The lowest BCUT2D eigenvalue weighted by Gasteiger charge is -2.06. The molecule has 0 aliphatic rings. The summed E-state index contributed by atoms with van der Waals surface area (Å²) in [6.07, 6.45) is 0. The molecule has 0 aliphatic heterocycles. The number of rotatable bonds is 4. The monoisotopic (exact) mass is 399 g/mol. The van der Waals surface area contributed by atoms with Crippen LogP contribution in [-0.2, 0) is 10.0 Å². The van der Waals surface area contributed by atoms with E-state index in [1.807, 2.05) is 6.07 Å². The number of halogens is 1. The zero-order chi connectivity index (χ0) is 15.7. The molecular weight excluding hydrogens is 390 g/mol. The Morgan fingerprint density at radius 1 is 1.23 bits per heavy atom. The van der Waals surface area contributed by atoms with E-state index in [0.29, 0.717) is 22.3 Å². The van der Waals surface area contributed by atoms with E-state index in [4.69, 9.17) is 4.42 Å². The van der Waals surface area contributed by atoms with Crippen LogP contribution in [0, 0.1) is 6.92 Å². The zero-order valence-electron chi connectivity index (χ0n) is 11.3. The number of anilines is 1. The van der Waals surface area contributed by atoms with Gasteiger partial charge in [-0.05, 0) is 30.3 Å². The van der Waals surface area contributed by atoms with Crippen molar-refractivity contribution in [1.29, 1.82) is 0 Å². The third kappa shape index (κ3) is 3.21. The summed E-state index contributed by atoms with van der Waals surface area (Å²) < 4.78 is 33.6. The molecule has 1 aromatic carbocycles. The molecule has 9 heteroatoms. The molecule has 1 N–H and O–H groups in total. The second-order valence-electron chi connectivity index (χ2n) is 4.36. The lowest BCUT2D eigenvalue weighted by molar-refractivity contribution is 0.534. The second kappa shape index (κ2) is 5.82. The van der Waals surface area contributed by atoms with Crippen LogP contribution in [0.3, 0.4) is 0 Å². The molecule has 22 heavy (non-hydrogen) atoms. The number of nitrogens with one attached hydrogen (secondary N) is 1. The number of aromatic nitrogens is 2. The van der Waals surface area contributed by atoms with Crippen molar-refractivity contribution in [2.45, 2.75) is 11.1 Å². The van der Waals surface area contributed by atoms with E-state index >= 15 is 0 Å². The maximum atomic E-state index is 12.4. The zero-order valence-corrected chi connectivity index (χ0v) is 14.5. The van der Waals surface area contributed by atoms with Crippen LogP contribution < -0.4 is 4.72 Å². The lowest BCUT2D eigenvalue weighted by Crippen LogP contribution is -2.11. The molecule has 114 valence electrons. The van der Waals surface area contributed by atoms with Crippen LogP contribution in [0.4, 0.5) is 5.69 Å². The Bertz CT molecular complexity index is 918.